The summed E-state index contributed by atoms with van der Waals surface area (Å²) in [7, 11) is 0. The Hall–Kier alpha value is -4.26. The fraction of sp³-hybridized carbons (Fsp3) is 0.286. The van der Waals surface area contributed by atoms with Crippen LogP contribution in [0, 0.1) is 0 Å². The Morgan fingerprint density at radius 2 is 1.94 bits per heavy atom. The molecule has 2 aromatic heterocycles. The molecule has 0 fully saturated rings. The third-order valence-electron chi connectivity index (χ3n) is 4.70. The van der Waals surface area contributed by atoms with Gasteiger partial charge in [-0.25, -0.2) is 14.8 Å². The predicted molar refractivity (Wildman–Crippen MR) is 126 cm³/mol. The second-order valence-corrected chi connectivity index (χ2v) is 7.76. The number of hydrogen-bond donors (Lipinski definition) is 5. The first-order valence-electron chi connectivity index (χ1n) is 10.4. The molecule has 0 saturated heterocycles. The minimum atomic E-state index is -1.38. The summed E-state index contributed by atoms with van der Waals surface area (Å²) in [5.74, 6) is -2.79. The zero-order valence-electron chi connectivity index (χ0n) is 18.4. The highest BCUT2D eigenvalue weighted by Crippen LogP contribution is 2.13. The number of nitrogens with two attached hydrogens (primary N) is 1. The van der Waals surface area contributed by atoms with Crippen molar-refractivity contribution in [3.63, 3.8) is 0 Å². The minimum Gasteiger partial charge on any atom is -0.480 e. The Morgan fingerprint density at radius 1 is 1.23 bits per heavy atom. The van der Waals surface area contributed by atoms with Gasteiger partial charge in [0.15, 0.2) is 11.2 Å². The number of carboxylic acid groups (broad SMARTS) is 1. The summed E-state index contributed by atoms with van der Waals surface area (Å²) < 4.78 is 4.76. The Kier molecular flexibility index (Phi) is 8.15. The van der Waals surface area contributed by atoms with Crippen LogP contribution < -0.4 is 21.9 Å². The molecule has 0 aliphatic carbocycles. The van der Waals surface area contributed by atoms with Gasteiger partial charge in [-0.05, 0) is 31.2 Å². The van der Waals surface area contributed by atoms with E-state index in [4.69, 9.17) is 22.1 Å². The maximum atomic E-state index is 12.5. The second-order valence-electron chi connectivity index (χ2n) is 7.24. The largest absolute Gasteiger partial charge is 0.480 e. The van der Waals surface area contributed by atoms with Gasteiger partial charge in [-0.1, -0.05) is 0 Å². The van der Waals surface area contributed by atoms with Crippen LogP contribution in [0.5, 0.6) is 0 Å². The maximum Gasteiger partial charge on any atom is 0.326 e. The predicted octanol–water partition coefficient (Wildman–Crippen LogP) is 0.651. The summed E-state index contributed by atoms with van der Waals surface area (Å²) >= 11 is 5.90. The highest BCUT2D eigenvalue weighted by Gasteiger charge is 2.28. The zero-order chi connectivity index (χ0) is 25.5. The molecule has 1 unspecified atom stereocenters. The lowest BCUT2D eigenvalue weighted by Gasteiger charge is -2.17. The van der Waals surface area contributed by atoms with E-state index in [0.717, 1.165) is 0 Å². The van der Waals surface area contributed by atoms with E-state index in [1.54, 1.807) is 19.1 Å². The molecular weight excluding hydrogens is 482 g/mol. The van der Waals surface area contributed by atoms with Crippen molar-refractivity contribution in [1.29, 1.82) is 0 Å². The number of benzene rings is 1. The molecule has 3 aromatic rings. The lowest BCUT2D eigenvalue weighted by Crippen LogP contribution is -2.43. The number of aliphatic carboxylic acids is 1. The molecule has 2 heterocycles. The number of aromatic amines is 1. The Labute approximate surface area is 203 Å². The highest BCUT2D eigenvalue weighted by atomic mass is 35.5. The molecule has 0 aliphatic rings. The third-order valence-corrected chi connectivity index (χ3v) is 5.05. The van der Waals surface area contributed by atoms with Gasteiger partial charge in [0.1, 0.15) is 11.4 Å². The average Bonchev–Trinajstić information content (AvgIpc) is 2.82. The topological polar surface area (TPSA) is 202 Å². The first-order valence-corrected chi connectivity index (χ1v) is 10.8. The first-order chi connectivity index (χ1) is 16.7. The number of nitrogens with zero attached hydrogens (tertiary/aromatic N) is 3. The van der Waals surface area contributed by atoms with Gasteiger partial charge in [0.2, 0.25) is 5.95 Å². The number of carbonyl (C=O) groups excluding carboxylic acids is 2. The summed E-state index contributed by atoms with van der Waals surface area (Å²) in [5, 5.41) is 13.6. The van der Waals surface area contributed by atoms with Crippen LogP contribution in [0.4, 0.5) is 11.6 Å². The molecule has 0 saturated carbocycles. The number of fused-ring (bicyclic) bond motifs is 1. The molecule has 184 valence electrons. The quantitative estimate of drug-likeness (QED) is 0.192. The van der Waals surface area contributed by atoms with Gasteiger partial charge >= 0.3 is 11.9 Å². The number of nitrogen functional groups attached to an aromatic ring is 1. The van der Waals surface area contributed by atoms with E-state index in [9.17, 15) is 24.3 Å². The van der Waals surface area contributed by atoms with E-state index in [1.165, 1.54) is 18.3 Å². The van der Waals surface area contributed by atoms with Gasteiger partial charge in [-0.3, -0.25) is 19.4 Å². The molecular formula is C21H22ClN7O6. The van der Waals surface area contributed by atoms with Crippen molar-refractivity contribution < 1.29 is 24.2 Å². The number of carbonyl (C=O) groups is 3. The lowest BCUT2D eigenvalue weighted by molar-refractivity contribution is -0.143. The van der Waals surface area contributed by atoms with Crippen molar-refractivity contribution in [2.24, 2.45) is 0 Å². The average molecular weight is 504 g/mol. The molecule has 14 heteroatoms. The number of nitrogens with one attached hydrogen (secondary N) is 3. The minimum absolute atomic E-state index is 0.0528. The smallest absolute Gasteiger partial charge is 0.326 e. The van der Waals surface area contributed by atoms with Gasteiger partial charge < -0.3 is 26.2 Å². The number of anilines is 2. The fourth-order valence-electron chi connectivity index (χ4n) is 2.99. The molecule has 0 radical (unpaired) electrons. The molecule has 1 aromatic carbocycles. The van der Waals surface area contributed by atoms with Crippen molar-refractivity contribution in [3.8, 4) is 0 Å². The number of hydrogen-bond acceptors (Lipinski definition) is 10. The molecule has 13 nitrogen and oxygen atoms in total. The number of carboxylic acids is 1. The van der Waals surface area contributed by atoms with Gasteiger partial charge in [0, 0.05) is 17.7 Å². The molecule has 0 spiro atoms. The summed E-state index contributed by atoms with van der Waals surface area (Å²) in [5.41, 5.74) is 6.47. The highest BCUT2D eigenvalue weighted by molar-refractivity contribution is 6.30. The van der Waals surface area contributed by atoms with Crippen LogP contribution in [0.2, 0.25) is 0 Å². The van der Waals surface area contributed by atoms with E-state index < -0.39 is 34.8 Å². The van der Waals surface area contributed by atoms with Crippen LogP contribution in [0.1, 0.15) is 29.4 Å². The van der Waals surface area contributed by atoms with Crippen LogP contribution >= 0.6 is 11.6 Å². The second kappa shape index (κ2) is 11.2. The van der Waals surface area contributed by atoms with Crippen LogP contribution in [0.25, 0.3) is 11.2 Å². The monoisotopic (exact) mass is 503 g/mol. The standard InChI is InChI=1S/C21H22ClN7O6/c1-2-35-20(34)13(22)7-14(19(32)33)27-17(30)10-3-5-11(6-4-10)24-8-12-9-25-16-15(26-12)18(31)29-21(23)28-16/h3-6,9,13-14,24H,2,7-8H2,1H3,(H,27,30)(H,32,33)(H3,23,25,28,29,31)/t13?,14-/m0/s1. The Morgan fingerprint density at radius 3 is 2.60 bits per heavy atom. The van der Waals surface area contributed by atoms with Gasteiger partial charge in [0.05, 0.1) is 25.0 Å². The van der Waals surface area contributed by atoms with Crippen LogP contribution in [0.15, 0.2) is 35.3 Å². The van der Waals surface area contributed by atoms with Gasteiger partial charge in [-0.15, -0.1) is 11.6 Å². The van der Waals surface area contributed by atoms with E-state index in [1.807, 2.05) is 0 Å². The van der Waals surface area contributed by atoms with Crippen molar-refractivity contribution in [3.05, 3.63) is 52.1 Å². The number of rotatable bonds is 10. The summed E-state index contributed by atoms with van der Waals surface area (Å²) in [4.78, 5) is 62.2. The summed E-state index contributed by atoms with van der Waals surface area (Å²) in [6.45, 7) is 1.93. The van der Waals surface area contributed by atoms with Crippen LogP contribution in [-0.2, 0) is 20.9 Å². The van der Waals surface area contributed by atoms with E-state index in [-0.39, 0.29) is 42.2 Å². The van der Waals surface area contributed by atoms with Crippen LogP contribution in [0.3, 0.4) is 0 Å². The maximum absolute atomic E-state index is 12.5. The number of esters is 1. The molecule has 6 N–H and O–H groups in total. The van der Waals surface area contributed by atoms with E-state index in [2.05, 4.69) is 30.6 Å². The van der Waals surface area contributed by atoms with Crippen LogP contribution in [-0.4, -0.2) is 60.9 Å². The molecule has 1 amide bonds. The lowest BCUT2D eigenvalue weighted by atomic mass is 10.1. The number of halogens is 1. The number of H-pyrrole nitrogens is 1. The number of aromatic nitrogens is 4. The third kappa shape index (κ3) is 6.63. The molecule has 0 bridgehead atoms. The molecule has 35 heavy (non-hydrogen) atoms. The summed E-state index contributed by atoms with van der Waals surface area (Å²) in [6.07, 6.45) is 1.12. The molecule has 0 aliphatic heterocycles. The van der Waals surface area contributed by atoms with Crippen molar-refractivity contribution >= 4 is 52.2 Å². The number of ether oxygens (including phenoxy) is 1. The van der Waals surface area contributed by atoms with E-state index >= 15 is 0 Å². The molecule has 3 rings (SSSR count). The van der Waals surface area contributed by atoms with Crippen molar-refractivity contribution in [1.82, 2.24) is 25.3 Å². The Balaban J connectivity index is 1.61. The number of alkyl halides is 1. The van der Waals surface area contributed by atoms with Crippen molar-refractivity contribution in [2.75, 3.05) is 17.7 Å². The zero-order valence-corrected chi connectivity index (χ0v) is 19.2. The first kappa shape index (κ1) is 25.4. The van der Waals surface area contributed by atoms with Gasteiger partial charge in [0.25, 0.3) is 11.5 Å². The Bertz CT molecular complexity index is 1300. The van der Waals surface area contributed by atoms with E-state index in [0.29, 0.717) is 11.4 Å². The van der Waals surface area contributed by atoms with Gasteiger partial charge in [-0.2, -0.15) is 4.98 Å². The fourth-order valence-corrected chi connectivity index (χ4v) is 3.23. The normalized spacial score (nSPS) is 12.5. The van der Waals surface area contributed by atoms with Crippen molar-refractivity contribution in [2.45, 2.75) is 31.3 Å². The summed E-state index contributed by atoms with van der Waals surface area (Å²) in [6, 6.07) is 4.81. The SMILES string of the molecule is CCOC(=O)C(Cl)C[C@H](NC(=O)c1ccc(NCc2cnc3nc(N)[nH]c(=O)c3n2)cc1)C(=O)O. The molecule has 2 atom stereocenters. The number of amides is 1.